The van der Waals surface area contributed by atoms with E-state index in [4.69, 9.17) is 27.6 Å². The first-order valence-corrected chi connectivity index (χ1v) is 8.61. The largest absolute Gasteiger partial charge is 0.431 e. The van der Waals surface area contributed by atoms with E-state index in [1.807, 2.05) is 24.3 Å². The first kappa shape index (κ1) is 16.8. The number of nitrogens with zero attached hydrogens (tertiary/aromatic N) is 2. The van der Waals surface area contributed by atoms with Crippen LogP contribution in [0.4, 0.5) is 0 Å². The van der Waals surface area contributed by atoms with Crippen LogP contribution in [0, 0.1) is 0 Å². The van der Waals surface area contributed by atoms with Crippen molar-refractivity contribution in [3.05, 3.63) is 58.1 Å². The fourth-order valence-electron chi connectivity index (χ4n) is 1.84. The number of benzene rings is 2. The molecule has 0 saturated carbocycles. The van der Waals surface area contributed by atoms with E-state index in [0.29, 0.717) is 20.9 Å². The number of fused-ring (bicyclic) bond motifs is 1. The molecule has 1 aromatic heterocycles. The van der Waals surface area contributed by atoms with Crippen LogP contribution in [0.15, 0.2) is 57.2 Å². The first-order chi connectivity index (χ1) is 11.6. The quantitative estimate of drug-likeness (QED) is 0.405. The van der Waals surface area contributed by atoms with Crippen molar-refractivity contribution in [3.63, 3.8) is 0 Å². The van der Waals surface area contributed by atoms with Gasteiger partial charge in [0.25, 0.3) is 11.1 Å². The molecule has 1 heterocycles. The summed E-state index contributed by atoms with van der Waals surface area (Å²) in [5.41, 5.74) is 4.62. The number of para-hydroxylation sites is 2. The zero-order chi connectivity index (χ0) is 16.9. The van der Waals surface area contributed by atoms with Gasteiger partial charge in [-0.3, -0.25) is 4.79 Å². The molecule has 0 aliphatic carbocycles. The van der Waals surface area contributed by atoms with E-state index in [1.165, 1.54) is 18.0 Å². The van der Waals surface area contributed by atoms with Crippen molar-refractivity contribution in [2.45, 2.75) is 5.22 Å². The van der Waals surface area contributed by atoms with E-state index in [-0.39, 0.29) is 11.7 Å². The molecule has 0 aliphatic heterocycles. The maximum atomic E-state index is 11.8. The summed E-state index contributed by atoms with van der Waals surface area (Å²) in [4.78, 5) is 16.1. The number of aromatic nitrogens is 1. The smallest absolute Gasteiger partial charge is 0.257 e. The third-order valence-electron chi connectivity index (χ3n) is 2.95. The highest BCUT2D eigenvalue weighted by atomic mass is 35.5. The number of halogens is 2. The predicted octanol–water partition coefficient (Wildman–Crippen LogP) is 4.38. The van der Waals surface area contributed by atoms with E-state index >= 15 is 0 Å². The number of thioether (sulfide) groups is 1. The Hall–Kier alpha value is -2.02. The number of nitrogens with one attached hydrogen (secondary N) is 1. The number of oxazole rings is 1. The summed E-state index contributed by atoms with van der Waals surface area (Å²) in [5, 5.41) is 5.22. The van der Waals surface area contributed by atoms with Crippen LogP contribution in [0.2, 0.25) is 10.0 Å². The standard InChI is InChI=1S/C16H11Cl2N3O2S/c17-11-6-5-10(7-12(11)18)8-19-21-15(22)9-24-16-20-13-3-1-2-4-14(13)23-16/h1-8H,9H2,(H,21,22)/b19-8-. The van der Waals surface area contributed by atoms with Crippen molar-refractivity contribution in [1.82, 2.24) is 10.4 Å². The lowest BCUT2D eigenvalue weighted by Crippen LogP contribution is -2.19. The Bertz CT molecular complexity index is 878. The maximum absolute atomic E-state index is 11.8. The molecular formula is C16H11Cl2N3O2S. The second-order valence-corrected chi connectivity index (χ2v) is 6.44. The third-order valence-corrected chi connectivity index (χ3v) is 4.51. The van der Waals surface area contributed by atoms with E-state index in [9.17, 15) is 4.79 Å². The molecule has 3 aromatic rings. The minimum Gasteiger partial charge on any atom is -0.431 e. The average Bonchev–Trinajstić information content (AvgIpc) is 2.99. The highest BCUT2D eigenvalue weighted by Crippen LogP contribution is 2.23. The van der Waals surface area contributed by atoms with Gasteiger partial charge in [-0.25, -0.2) is 10.4 Å². The summed E-state index contributed by atoms with van der Waals surface area (Å²) in [6.45, 7) is 0. The summed E-state index contributed by atoms with van der Waals surface area (Å²) in [7, 11) is 0. The number of carbonyl (C=O) groups is 1. The lowest BCUT2D eigenvalue weighted by molar-refractivity contribution is -0.118. The summed E-state index contributed by atoms with van der Waals surface area (Å²) in [6.07, 6.45) is 1.49. The van der Waals surface area contributed by atoms with Crippen LogP contribution in [0.25, 0.3) is 11.1 Å². The van der Waals surface area contributed by atoms with Gasteiger partial charge in [-0.1, -0.05) is 53.2 Å². The van der Waals surface area contributed by atoms with Gasteiger partial charge in [0.1, 0.15) is 5.52 Å². The summed E-state index contributed by atoms with van der Waals surface area (Å²) >= 11 is 12.9. The van der Waals surface area contributed by atoms with Crippen LogP contribution in [-0.4, -0.2) is 22.9 Å². The van der Waals surface area contributed by atoms with Gasteiger partial charge in [0, 0.05) is 0 Å². The van der Waals surface area contributed by atoms with Crippen LogP contribution < -0.4 is 5.43 Å². The van der Waals surface area contributed by atoms with Crippen molar-refractivity contribution < 1.29 is 9.21 Å². The monoisotopic (exact) mass is 379 g/mol. The Kier molecular flexibility index (Phi) is 5.40. The molecule has 122 valence electrons. The number of hydrazone groups is 1. The van der Waals surface area contributed by atoms with Gasteiger partial charge in [0.15, 0.2) is 5.58 Å². The molecule has 0 fully saturated rings. The molecular weight excluding hydrogens is 369 g/mol. The van der Waals surface area contributed by atoms with Gasteiger partial charge in [0.05, 0.1) is 22.0 Å². The van der Waals surface area contributed by atoms with Gasteiger partial charge in [-0.2, -0.15) is 5.10 Å². The molecule has 0 aliphatic rings. The minimum atomic E-state index is -0.265. The number of amides is 1. The SMILES string of the molecule is O=C(CSc1nc2ccccc2o1)N/N=C\c1ccc(Cl)c(Cl)c1. The number of carbonyl (C=O) groups excluding carboxylic acids is 1. The summed E-state index contributed by atoms with van der Waals surface area (Å²) in [5.74, 6) is -0.121. The van der Waals surface area contributed by atoms with Crippen molar-refractivity contribution in [2.24, 2.45) is 5.10 Å². The predicted molar refractivity (Wildman–Crippen MR) is 96.9 cm³/mol. The lowest BCUT2D eigenvalue weighted by atomic mass is 10.2. The molecule has 0 bridgehead atoms. The second-order valence-electron chi connectivity index (χ2n) is 4.70. The minimum absolute atomic E-state index is 0.144. The van der Waals surface area contributed by atoms with Crippen molar-refractivity contribution in [1.29, 1.82) is 0 Å². The fraction of sp³-hybridized carbons (Fsp3) is 0.0625. The van der Waals surface area contributed by atoms with Crippen molar-refractivity contribution in [3.8, 4) is 0 Å². The summed E-state index contributed by atoms with van der Waals surface area (Å²) in [6, 6.07) is 12.5. The van der Waals surface area contributed by atoms with Crippen LogP contribution >= 0.6 is 35.0 Å². The molecule has 1 N–H and O–H groups in total. The molecule has 3 rings (SSSR count). The normalized spacial score (nSPS) is 11.2. The van der Waals surface area contributed by atoms with Gasteiger partial charge in [-0.05, 0) is 29.8 Å². The van der Waals surface area contributed by atoms with E-state index in [2.05, 4.69) is 15.5 Å². The van der Waals surface area contributed by atoms with Gasteiger partial charge in [0.2, 0.25) is 0 Å². The molecule has 5 nitrogen and oxygen atoms in total. The fourth-order valence-corrected chi connectivity index (χ4v) is 2.78. The zero-order valence-corrected chi connectivity index (χ0v) is 14.5. The Morgan fingerprint density at radius 2 is 2.08 bits per heavy atom. The molecule has 0 saturated heterocycles. The van der Waals surface area contributed by atoms with Crippen LogP contribution in [-0.2, 0) is 4.79 Å². The number of rotatable bonds is 5. The maximum Gasteiger partial charge on any atom is 0.257 e. The molecule has 0 radical (unpaired) electrons. The highest BCUT2D eigenvalue weighted by molar-refractivity contribution is 7.99. The summed E-state index contributed by atoms with van der Waals surface area (Å²) < 4.78 is 5.52. The van der Waals surface area contributed by atoms with Crippen molar-refractivity contribution >= 4 is 58.2 Å². The molecule has 0 atom stereocenters. The Labute approximate surface area is 152 Å². The topological polar surface area (TPSA) is 67.5 Å². The second kappa shape index (κ2) is 7.70. The number of hydrogen-bond donors (Lipinski definition) is 1. The average molecular weight is 380 g/mol. The third kappa shape index (κ3) is 4.29. The van der Waals surface area contributed by atoms with Crippen LogP contribution in [0.5, 0.6) is 0 Å². The van der Waals surface area contributed by atoms with Gasteiger partial charge >= 0.3 is 0 Å². The molecule has 1 amide bonds. The van der Waals surface area contributed by atoms with E-state index in [1.54, 1.807) is 18.2 Å². The Morgan fingerprint density at radius 3 is 2.88 bits per heavy atom. The molecule has 0 unspecified atom stereocenters. The lowest BCUT2D eigenvalue weighted by Gasteiger charge is -1.99. The molecule has 24 heavy (non-hydrogen) atoms. The molecule has 2 aromatic carbocycles. The van der Waals surface area contributed by atoms with Crippen LogP contribution in [0.1, 0.15) is 5.56 Å². The van der Waals surface area contributed by atoms with Gasteiger partial charge < -0.3 is 4.42 Å². The van der Waals surface area contributed by atoms with Gasteiger partial charge in [-0.15, -0.1) is 0 Å². The Balaban J connectivity index is 1.51. The molecule has 0 spiro atoms. The van der Waals surface area contributed by atoms with Crippen LogP contribution in [0.3, 0.4) is 0 Å². The highest BCUT2D eigenvalue weighted by Gasteiger charge is 2.08. The Morgan fingerprint density at radius 1 is 1.25 bits per heavy atom. The first-order valence-electron chi connectivity index (χ1n) is 6.87. The van der Waals surface area contributed by atoms with E-state index in [0.717, 1.165) is 11.1 Å². The van der Waals surface area contributed by atoms with Crippen molar-refractivity contribution in [2.75, 3.05) is 5.75 Å². The van der Waals surface area contributed by atoms with E-state index < -0.39 is 0 Å². The zero-order valence-electron chi connectivity index (χ0n) is 12.2. The number of hydrogen-bond acceptors (Lipinski definition) is 5. The molecule has 8 heteroatoms.